The Morgan fingerprint density at radius 2 is 1.75 bits per heavy atom. The van der Waals surface area contributed by atoms with Crippen molar-refractivity contribution in [1.29, 1.82) is 0 Å². The third-order valence-corrected chi connectivity index (χ3v) is 3.04. The van der Waals surface area contributed by atoms with Gasteiger partial charge in [0.25, 0.3) is 0 Å². The number of aliphatic hydroxyl groups excluding tert-OH is 1. The molecule has 2 rings (SSSR count). The number of hydrogen-bond acceptors (Lipinski definition) is 2. The van der Waals surface area contributed by atoms with Crippen LogP contribution >= 0.6 is 11.6 Å². The number of benzene rings is 2. The third kappa shape index (κ3) is 3.98. The molecule has 4 nitrogen and oxygen atoms in total. The molecule has 0 saturated heterocycles. The fourth-order valence-electron chi connectivity index (χ4n) is 1.78. The van der Waals surface area contributed by atoms with Gasteiger partial charge in [-0.15, -0.1) is 0 Å². The number of amides is 2. The Morgan fingerprint density at radius 3 is 2.35 bits per heavy atom. The first-order chi connectivity index (χ1) is 9.69. The molecule has 1 atom stereocenters. The maximum Gasteiger partial charge on any atom is 0.319 e. The van der Waals surface area contributed by atoms with Crippen molar-refractivity contribution in [2.24, 2.45) is 0 Å². The smallest absolute Gasteiger partial charge is 0.319 e. The highest BCUT2D eigenvalue weighted by atomic mass is 35.5. The number of rotatable bonds is 4. The fraction of sp³-hybridized carbons (Fsp3) is 0.133. The SMILES string of the molecule is O=C(Nc1ccc(Cl)cc1)N[C@H](CO)c1ccccc1. The van der Waals surface area contributed by atoms with Crippen LogP contribution in [0, 0.1) is 0 Å². The van der Waals surface area contributed by atoms with Crippen LogP contribution in [0.4, 0.5) is 10.5 Å². The summed E-state index contributed by atoms with van der Waals surface area (Å²) in [5.41, 5.74) is 1.48. The molecular formula is C15H15ClN2O2. The minimum atomic E-state index is -0.441. The van der Waals surface area contributed by atoms with E-state index in [1.54, 1.807) is 24.3 Å². The lowest BCUT2D eigenvalue weighted by molar-refractivity contribution is 0.225. The number of hydrogen-bond donors (Lipinski definition) is 3. The van der Waals surface area contributed by atoms with Gasteiger partial charge in [0.05, 0.1) is 12.6 Å². The maximum atomic E-state index is 11.9. The van der Waals surface area contributed by atoms with E-state index in [0.717, 1.165) is 5.56 Å². The first-order valence-corrected chi connectivity index (χ1v) is 6.55. The second-order valence-electron chi connectivity index (χ2n) is 4.25. The molecule has 2 aromatic carbocycles. The topological polar surface area (TPSA) is 61.4 Å². The van der Waals surface area contributed by atoms with Gasteiger partial charge in [0.2, 0.25) is 0 Å². The summed E-state index contributed by atoms with van der Waals surface area (Å²) in [7, 11) is 0. The molecule has 0 heterocycles. The summed E-state index contributed by atoms with van der Waals surface area (Å²) in [5, 5.41) is 15.4. The lowest BCUT2D eigenvalue weighted by atomic mass is 10.1. The van der Waals surface area contributed by atoms with E-state index in [-0.39, 0.29) is 12.6 Å². The number of carbonyl (C=O) groups excluding carboxylic acids is 1. The van der Waals surface area contributed by atoms with Crippen molar-refractivity contribution in [3.63, 3.8) is 0 Å². The van der Waals surface area contributed by atoms with Gasteiger partial charge in [-0.2, -0.15) is 0 Å². The van der Waals surface area contributed by atoms with Gasteiger partial charge in [-0.1, -0.05) is 41.9 Å². The molecule has 0 aliphatic carbocycles. The number of nitrogens with one attached hydrogen (secondary N) is 2. The lowest BCUT2D eigenvalue weighted by Crippen LogP contribution is -2.34. The van der Waals surface area contributed by atoms with Crippen molar-refractivity contribution in [3.8, 4) is 0 Å². The van der Waals surface area contributed by atoms with Crippen LogP contribution in [0.15, 0.2) is 54.6 Å². The van der Waals surface area contributed by atoms with Gasteiger partial charge in [-0.3, -0.25) is 0 Å². The molecule has 3 N–H and O–H groups in total. The van der Waals surface area contributed by atoms with Gasteiger partial charge < -0.3 is 15.7 Å². The van der Waals surface area contributed by atoms with E-state index in [9.17, 15) is 9.90 Å². The van der Waals surface area contributed by atoms with Crippen molar-refractivity contribution in [2.75, 3.05) is 11.9 Å². The Labute approximate surface area is 122 Å². The molecule has 20 heavy (non-hydrogen) atoms. The first-order valence-electron chi connectivity index (χ1n) is 6.18. The Bertz CT molecular complexity index is 558. The number of aliphatic hydroxyl groups is 1. The summed E-state index contributed by atoms with van der Waals surface area (Å²) in [6, 6.07) is 15.3. The Hall–Kier alpha value is -2.04. The van der Waals surface area contributed by atoms with Crippen LogP contribution in [0.25, 0.3) is 0 Å². The van der Waals surface area contributed by atoms with Crippen LogP contribution in [0.5, 0.6) is 0 Å². The van der Waals surface area contributed by atoms with E-state index in [4.69, 9.17) is 11.6 Å². The van der Waals surface area contributed by atoms with Gasteiger partial charge >= 0.3 is 6.03 Å². The number of anilines is 1. The van der Waals surface area contributed by atoms with Crippen molar-refractivity contribution in [3.05, 3.63) is 65.2 Å². The van der Waals surface area contributed by atoms with Gasteiger partial charge in [0.1, 0.15) is 0 Å². The summed E-state index contributed by atoms with van der Waals surface area (Å²) in [5.74, 6) is 0. The minimum absolute atomic E-state index is 0.169. The van der Waals surface area contributed by atoms with Gasteiger partial charge in [-0.05, 0) is 29.8 Å². The monoisotopic (exact) mass is 290 g/mol. The minimum Gasteiger partial charge on any atom is -0.394 e. The van der Waals surface area contributed by atoms with Crippen LogP contribution in [0.1, 0.15) is 11.6 Å². The van der Waals surface area contributed by atoms with Crippen molar-refractivity contribution < 1.29 is 9.90 Å². The van der Waals surface area contributed by atoms with Crippen LogP contribution in [-0.4, -0.2) is 17.7 Å². The number of halogens is 1. The third-order valence-electron chi connectivity index (χ3n) is 2.79. The fourth-order valence-corrected chi connectivity index (χ4v) is 1.90. The van der Waals surface area contributed by atoms with Crippen molar-refractivity contribution in [1.82, 2.24) is 5.32 Å². The van der Waals surface area contributed by atoms with E-state index < -0.39 is 6.04 Å². The molecule has 5 heteroatoms. The number of carbonyl (C=O) groups is 1. The average molecular weight is 291 g/mol. The Kier molecular flexibility index (Phi) is 4.98. The van der Waals surface area contributed by atoms with Crippen molar-refractivity contribution >= 4 is 23.3 Å². The maximum absolute atomic E-state index is 11.9. The molecule has 2 amide bonds. The zero-order valence-corrected chi connectivity index (χ0v) is 11.5. The van der Waals surface area contributed by atoms with Gasteiger partial charge in [0.15, 0.2) is 0 Å². The summed E-state index contributed by atoms with van der Waals surface area (Å²) < 4.78 is 0. The molecule has 0 saturated carbocycles. The molecule has 0 bridgehead atoms. The van der Waals surface area contributed by atoms with Gasteiger partial charge in [-0.25, -0.2) is 4.79 Å². The molecule has 0 fully saturated rings. The van der Waals surface area contributed by atoms with E-state index in [2.05, 4.69) is 10.6 Å². The lowest BCUT2D eigenvalue weighted by Gasteiger charge is -2.17. The molecule has 0 aromatic heterocycles. The molecule has 0 unspecified atom stereocenters. The predicted molar refractivity (Wildman–Crippen MR) is 79.9 cm³/mol. The van der Waals surface area contributed by atoms with Crippen LogP contribution in [0.2, 0.25) is 5.02 Å². The van der Waals surface area contributed by atoms with Crippen LogP contribution in [-0.2, 0) is 0 Å². The standard InChI is InChI=1S/C15H15ClN2O2/c16-12-6-8-13(9-7-12)17-15(20)18-14(10-19)11-4-2-1-3-5-11/h1-9,14,19H,10H2,(H2,17,18,20)/t14-/m1/s1. The predicted octanol–water partition coefficient (Wildman–Crippen LogP) is 3.20. The first kappa shape index (κ1) is 14.4. The largest absolute Gasteiger partial charge is 0.394 e. The molecule has 2 aromatic rings. The van der Waals surface area contributed by atoms with Crippen molar-refractivity contribution in [2.45, 2.75) is 6.04 Å². The molecule has 0 radical (unpaired) electrons. The average Bonchev–Trinajstić information content (AvgIpc) is 2.48. The molecule has 0 spiro atoms. The quantitative estimate of drug-likeness (QED) is 0.810. The highest BCUT2D eigenvalue weighted by Crippen LogP contribution is 2.15. The summed E-state index contributed by atoms with van der Waals surface area (Å²) >= 11 is 5.77. The van der Waals surface area contributed by atoms with Crippen LogP contribution < -0.4 is 10.6 Å². The summed E-state index contributed by atoms with van der Waals surface area (Å²) in [4.78, 5) is 11.9. The molecular weight excluding hydrogens is 276 g/mol. The Morgan fingerprint density at radius 1 is 1.10 bits per heavy atom. The molecule has 104 valence electrons. The molecule has 0 aliphatic rings. The van der Waals surface area contributed by atoms with E-state index >= 15 is 0 Å². The molecule has 0 aliphatic heterocycles. The van der Waals surface area contributed by atoms with Crippen LogP contribution in [0.3, 0.4) is 0 Å². The van der Waals surface area contributed by atoms with E-state index in [1.807, 2.05) is 30.3 Å². The Balaban J connectivity index is 1.97. The second kappa shape index (κ2) is 6.93. The van der Waals surface area contributed by atoms with E-state index in [0.29, 0.717) is 10.7 Å². The zero-order chi connectivity index (χ0) is 14.4. The summed E-state index contributed by atoms with van der Waals surface area (Å²) in [6.45, 7) is -0.169. The highest BCUT2D eigenvalue weighted by molar-refractivity contribution is 6.30. The zero-order valence-electron chi connectivity index (χ0n) is 10.7. The number of urea groups is 1. The highest BCUT2D eigenvalue weighted by Gasteiger charge is 2.13. The van der Waals surface area contributed by atoms with E-state index in [1.165, 1.54) is 0 Å². The van der Waals surface area contributed by atoms with Gasteiger partial charge in [0, 0.05) is 10.7 Å². The second-order valence-corrected chi connectivity index (χ2v) is 4.69. The summed E-state index contributed by atoms with van der Waals surface area (Å²) in [6.07, 6.45) is 0. The normalized spacial score (nSPS) is 11.7.